The number of hydrogen-bond acceptors (Lipinski definition) is 4. The lowest BCUT2D eigenvalue weighted by atomic mass is 10.1. The molecule has 0 fully saturated rings. The summed E-state index contributed by atoms with van der Waals surface area (Å²) in [5, 5.41) is 2.86. The zero-order valence-corrected chi connectivity index (χ0v) is 14.9. The summed E-state index contributed by atoms with van der Waals surface area (Å²) in [6, 6.07) is 10.6. The van der Waals surface area contributed by atoms with Gasteiger partial charge in [0.2, 0.25) is 0 Å². The first-order chi connectivity index (χ1) is 12.6. The summed E-state index contributed by atoms with van der Waals surface area (Å²) in [6.07, 6.45) is 2.97. The molecule has 134 valence electrons. The summed E-state index contributed by atoms with van der Waals surface area (Å²) in [4.78, 5) is 22.9. The summed E-state index contributed by atoms with van der Waals surface area (Å²) in [5.74, 6) is -0.853. The quantitative estimate of drug-likeness (QED) is 0.739. The Kier molecular flexibility index (Phi) is 5.41. The van der Waals surface area contributed by atoms with Crippen molar-refractivity contribution in [1.29, 1.82) is 0 Å². The summed E-state index contributed by atoms with van der Waals surface area (Å²) in [5.41, 5.74) is 3.30. The lowest BCUT2D eigenvalue weighted by Gasteiger charge is -2.25. The number of nitrogens with zero attached hydrogens (tertiary/aromatic N) is 3. The number of aromatic nitrogens is 2. The number of likely N-dealkylation sites (N-methyl/N-ethyl adjacent to an activating group) is 1. The Morgan fingerprint density at radius 1 is 1.19 bits per heavy atom. The number of fused-ring (bicyclic) bond motifs is 1. The van der Waals surface area contributed by atoms with E-state index in [-0.39, 0.29) is 11.5 Å². The SMILES string of the molecule is CCN(CCNC(=O)c1cc(F)cc2nccnc12)c1ccccc1C. The van der Waals surface area contributed by atoms with Crippen LogP contribution in [0.1, 0.15) is 22.8 Å². The standard InChI is InChI=1S/C20H21FN4O/c1-3-25(18-7-5-4-6-14(18)2)11-10-24-20(26)16-12-15(21)13-17-19(16)23-9-8-22-17/h4-9,12-13H,3,10-11H2,1-2H3,(H,24,26). The van der Waals surface area contributed by atoms with Crippen LogP contribution in [0, 0.1) is 12.7 Å². The van der Waals surface area contributed by atoms with Crippen LogP contribution in [-0.2, 0) is 0 Å². The lowest BCUT2D eigenvalue weighted by molar-refractivity contribution is 0.0955. The van der Waals surface area contributed by atoms with Gasteiger partial charge >= 0.3 is 0 Å². The highest BCUT2D eigenvalue weighted by Gasteiger charge is 2.14. The molecule has 0 saturated carbocycles. The summed E-state index contributed by atoms with van der Waals surface area (Å²) >= 11 is 0. The van der Waals surface area contributed by atoms with Crippen LogP contribution in [0.2, 0.25) is 0 Å². The van der Waals surface area contributed by atoms with Crippen LogP contribution in [-0.4, -0.2) is 35.5 Å². The summed E-state index contributed by atoms with van der Waals surface area (Å²) in [6.45, 7) is 6.07. The molecule has 0 spiro atoms. The van der Waals surface area contributed by atoms with Gasteiger partial charge < -0.3 is 10.2 Å². The van der Waals surface area contributed by atoms with Crippen molar-refractivity contribution in [1.82, 2.24) is 15.3 Å². The first kappa shape index (κ1) is 17.8. The smallest absolute Gasteiger partial charge is 0.253 e. The number of carbonyl (C=O) groups excluding carboxylic acids is 1. The zero-order chi connectivity index (χ0) is 18.5. The van der Waals surface area contributed by atoms with Crippen LogP contribution >= 0.6 is 0 Å². The molecule has 0 aliphatic carbocycles. The summed E-state index contributed by atoms with van der Waals surface area (Å²) in [7, 11) is 0. The number of aryl methyl sites for hydroxylation is 1. The maximum Gasteiger partial charge on any atom is 0.253 e. The monoisotopic (exact) mass is 352 g/mol. The molecule has 1 heterocycles. The van der Waals surface area contributed by atoms with E-state index in [9.17, 15) is 9.18 Å². The Morgan fingerprint density at radius 3 is 2.73 bits per heavy atom. The number of carbonyl (C=O) groups is 1. The Labute approximate surface area is 151 Å². The third kappa shape index (κ3) is 3.79. The van der Waals surface area contributed by atoms with Gasteiger partial charge in [-0.25, -0.2) is 4.39 Å². The van der Waals surface area contributed by atoms with Gasteiger partial charge in [-0.2, -0.15) is 0 Å². The van der Waals surface area contributed by atoms with Crippen molar-refractivity contribution >= 4 is 22.6 Å². The van der Waals surface area contributed by atoms with Crippen LogP contribution in [0.15, 0.2) is 48.8 Å². The van der Waals surface area contributed by atoms with Crippen molar-refractivity contribution in [2.75, 3.05) is 24.5 Å². The normalized spacial score (nSPS) is 10.7. The Balaban J connectivity index is 1.70. The molecule has 3 aromatic rings. The van der Waals surface area contributed by atoms with Gasteiger partial charge in [-0.1, -0.05) is 18.2 Å². The second-order valence-electron chi connectivity index (χ2n) is 6.00. The molecule has 0 bridgehead atoms. The average Bonchev–Trinajstić information content (AvgIpc) is 2.65. The maximum absolute atomic E-state index is 13.8. The molecule has 0 unspecified atom stereocenters. The van der Waals surface area contributed by atoms with Crippen molar-refractivity contribution in [2.45, 2.75) is 13.8 Å². The van der Waals surface area contributed by atoms with Crippen LogP contribution in [0.25, 0.3) is 11.0 Å². The van der Waals surface area contributed by atoms with Crippen molar-refractivity contribution < 1.29 is 9.18 Å². The minimum Gasteiger partial charge on any atom is -0.370 e. The molecular formula is C20H21FN4O. The van der Waals surface area contributed by atoms with E-state index in [0.29, 0.717) is 24.1 Å². The lowest BCUT2D eigenvalue weighted by Crippen LogP contribution is -2.35. The van der Waals surface area contributed by atoms with Crippen LogP contribution < -0.4 is 10.2 Å². The molecule has 0 aliphatic heterocycles. The van der Waals surface area contributed by atoms with Crippen LogP contribution in [0.5, 0.6) is 0 Å². The first-order valence-electron chi connectivity index (χ1n) is 8.59. The molecule has 0 radical (unpaired) electrons. The molecule has 0 saturated heterocycles. The zero-order valence-electron chi connectivity index (χ0n) is 14.9. The van der Waals surface area contributed by atoms with Crippen molar-refractivity contribution in [3.63, 3.8) is 0 Å². The molecule has 1 amide bonds. The van der Waals surface area contributed by atoms with E-state index >= 15 is 0 Å². The highest BCUT2D eigenvalue weighted by Crippen LogP contribution is 2.19. The molecule has 6 heteroatoms. The van der Waals surface area contributed by atoms with E-state index in [1.54, 1.807) is 0 Å². The minimum atomic E-state index is -0.502. The number of benzene rings is 2. The number of rotatable bonds is 6. The second-order valence-corrected chi connectivity index (χ2v) is 6.00. The molecular weight excluding hydrogens is 331 g/mol. The first-order valence-corrected chi connectivity index (χ1v) is 8.59. The molecule has 26 heavy (non-hydrogen) atoms. The Morgan fingerprint density at radius 2 is 1.96 bits per heavy atom. The van der Waals surface area contributed by atoms with E-state index in [1.807, 2.05) is 12.1 Å². The van der Waals surface area contributed by atoms with Gasteiger partial charge in [0.15, 0.2) is 0 Å². The molecule has 2 aromatic carbocycles. The number of nitrogens with one attached hydrogen (secondary N) is 1. The topological polar surface area (TPSA) is 58.1 Å². The van der Waals surface area contributed by atoms with Crippen molar-refractivity contribution in [2.24, 2.45) is 0 Å². The van der Waals surface area contributed by atoms with Crippen LogP contribution in [0.3, 0.4) is 0 Å². The van der Waals surface area contributed by atoms with Crippen molar-refractivity contribution in [3.8, 4) is 0 Å². The molecule has 0 aliphatic rings. The van der Waals surface area contributed by atoms with E-state index in [2.05, 4.69) is 46.2 Å². The number of halogens is 1. The van der Waals surface area contributed by atoms with Gasteiger partial charge in [0, 0.05) is 43.8 Å². The van der Waals surface area contributed by atoms with E-state index in [4.69, 9.17) is 0 Å². The minimum absolute atomic E-state index is 0.201. The average molecular weight is 352 g/mol. The highest BCUT2D eigenvalue weighted by molar-refractivity contribution is 6.04. The Bertz CT molecular complexity index is 929. The number of amides is 1. The third-order valence-electron chi connectivity index (χ3n) is 4.29. The predicted octanol–water partition coefficient (Wildman–Crippen LogP) is 3.33. The van der Waals surface area contributed by atoms with E-state index in [0.717, 1.165) is 12.2 Å². The maximum atomic E-state index is 13.8. The highest BCUT2D eigenvalue weighted by atomic mass is 19.1. The van der Waals surface area contributed by atoms with Crippen molar-refractivity contribution in [3.05, 3.63) is 65.7 Å². The van der Waals surface area contributed by atoms with E-state index in [1.165, 1.54) is 30.1 Å². The molecule has 3 rings (SSSR count). The molecule has 1 aromatic heterocycles. The fourth-order valence-electron chi connectivity index (χ4n) is 2.98. The third-order valence-corrected chi connectivity index (χ3v) is 4.29. The predicted molar refractivity (Wildman–Crippen MR) is 101 cm³/mol. The van der Waals surface area contributed by atoms with Gasteiger partial charge in [-0.05, 0) is 31.5 Å². The summed E-state index contributed by atoms with van der Waals surface area (Å²) < 4.78 is 13.8. The Hall–Kier alpha value is -3.02. The van der Waals surface area contributed by atoms with Gasteiger partial charge in [0.05, 0.1) is 11.1 Å². The number of hydrogen-bond donors (Lipinski definition) is 1. The number of anilines is 1. The molecule has 1 N–H and O–H groups in total. The van der Waals surface area contributed by atoms with Gasteiger partial charge in [0.25, 0.3) is 5.91 Å². The molecule has 0 atom stereocenters. The fourth-order valence-corrected chi connectivity index (χ4v) is 2.98. The largest absolute Gasteiger partial charge is 0.370 e. The second kappa shape index (κ2) is 7.91. The fraction of sp³-hybridized carbons (Fsp3) is 0.250. The van der Waals surface area contributed by atoms with Crippen LogP contribution in [0.4, 0.5) is 10.1 Å². The van der Waals surface area contributed by atoms with Gasteiger partial charge in [-0.15, -0.1) is 0 Å². The van der Waals surface area contributed by atoms with Gasteiger partial charge in [0.1, 0.15) is 11.3 Å². The number of para-hydroxylation sites is 1. The molecule has 5 nitrogen and oxygen atoms in total. The van der Waals surface area contributed by atoms with Gasteiger partial charge in [-0.3, -0.25) is 14.8 Å². The van der Waals surface area contributed by atoms with E-state index < -0.39 is 5.82 Å².